The van der Waals surface area contributed by atoms with Crippen molar-refractivity contribution >= 4 is 40.8 Å². The van der Waals surface area contributed by atoms with Gasteiger partial charge in [-0.25, -0.2) is 15.4 Å². The number of hydrogen-bond donors (Lipinski definition) is 1. The largest absolute Gasteiger partial charge is 0.443 e. The van der Waals surface area contributed by atoms with E-state index >= 15 is 0 Å². The lowest BCUT2D eigenvalue weighted by Gasteiger charge is -2.02. The van der Waals surface area contributed by atoms with Gasteiger partial charge in [0, 0.05) is 17.8 Å². The summed E-state index contributed by atoms with van der Waals surface area (Å²) in [5, 5.41) is 0. The Morgan fingerprint density at radius 3 is 2.50 bits per heavy atom. The molecule has 0 radical (unpaired) electrons. The molecule has 62 valence electrons. The summed E-state index contributed by atoms with van der Waals surface area (Å²) in [6.45, 7) is -0.144. The molecule has 0 saturated carbocycles. The van der Waals surface area contributed by atoms with Gasteiger partial charge in [0.1, 0.15) is 8.77 Å². The van der Waals surface area contributed by atoms with E-state index in [1.165, 1.54) is 0 Å². The molecular weight excluding hydrogens is 216 g/mol. The Hall–Kier alpha value is 0.660. The van der Waals surface area contributed by atoms with Crippen LogP contribution in [0.4, 0.5) is 0 Å². The summed E-state index contributed by atoms with van der Waals surface area (Å²) < 4.78 is 33.1. The zero-order valence-electron chi connectivity index (χ0n) is 4.72. The summed E-state index contributed by atoms with van der Waals surface area (Å²) in [5.74, 6) is -0.218. The maximum Gasteiger partial charge on any atom is 0.143 e. The van der Waals surface area contributed by atoms with Crippen molar-refractivity contribution in [2.24, 2.45) is 0 Å². The SMILES string of the molecule is O=[S-](=S)OCCS(=O)(O)=S. The van der Waals surface area contributed by atoms with Gasteiger partial charge in [0.2, 0.25) is 0 Å². The van der Waals surface area contributed by atoms with Crippen molar-refractivity contribution in [1.29, 1.82) is 0 Å². The molecule has 0 aliphatic heterocycles. The van der Waals surface area contributed by atoms with E-state index in [-0.39, 0.29) is 12.4 Å². The average Bonchev–Trinajstić information content (AvgIpc) is 1.59. The Bertz CT molecular complexity index is 240. The van der Waals surface area contributed by atoms with Crippen molar-refractivity contribution in [2.45, 2.75) is 0 Å². The van der Waals surface area contributed by atoms with Crippen molar-refractivity contribution in [3.05, 3.63) is 0 Å². The molecule has 0 spiro atoms. The van der Waals surface area contributed by atoms with Gasteiger partial charge >= 0.3 is 0 Å². The predicted molar refractivity (Wildman–Crippen MR) is 44.4 cm³/mol. The molecule has 0 rings (SSSR count). The Balaban J connectivity index is 3.59. The Morgan fingerprint density at radius 1 is 1.70 bits per heavy atom. The third-order valence-corrected chi connectivity index (χ3v) is 2.35. The maximum absolute atomic E-state index is 10.3. The van der Waals surface area contributed by atoms with Crippen LogP contribution >= 0.6 is 0 Å². The van der Waals surface area contributed by atoms with Crippen LogP contribution in [-0.2, 0) is 49.2 Å². The standard InChI is InChI=1S/C2H5O4S4/c3-9(7)6-1-2-10(4,5)8/h1-2H2,(H,4,5,8)/q-1. The van der Waals surface area contributed by atoms with Gasteiger partial charge in [0.15, 0.2) is 0 Å². The van der Waals surface area contributed by atoms with Gasteiger partial charge in [-0.3, -0.25) is 0 Å². The highest BCUT2D eigenvalue weighted by Gasteiger charge is 1.96. The Labute approximate surface area is 70.4 Å². The van der Waals surface area contributed by atoms with Crippen LogP contribution in [0.25, 0.3) is 0 Å². The van der Waals surface area contributed by atoms with Gasteiger partial charge in [-0.1, -0.05) is 9.64 Å². The molecule has 0 amide bonds. The molecule has 0 bridgehead atoms. The van der Waals surface area contributed by atoms with E-state index in [9.17, 15) is 8.42 Å². The van der Waals surface area contributed by atoms with Crippen molar-refractivity contribution in [3.63, 3.8) is 0 Å². The van der Waals surface area contributed by atoms with Crippen molar-refractivity contribution in [2.75, 3.05) is 12.4 Å². The third-order valence-electron chi connectivity index (χ3n) is 0.521. The zero-order valence-corrected chi connectivity index (χ0v) is 7.99. The number of rotatable bonds is 4. The first-order valence-electron chi connectivity index (χ1n) is 2.09. The van der Waals surface area contributed by atoms with Crippen LogP contribution in [0.1, 0.15) is 0 Å². The average molecular weight is 221 g/mol. The van der Waals surface area contributed by atoms with Crippen LogP contribution in [0, 0.1) is 0 Å². The van der Waals surface area contributed by atoms with Gasteiger partial charge in [-0.15, -0.1) is 0 Å². The van der Waals surface area contributed by atoms with Crippen LogP contribution in [0.2, 0.25) is 0 Å². The van der Waals surface area contributed by atoms with Crippen molar-refractivity contribution in [3.8, 4) is 0 Å². The molecule has 0 aromatic carbocycles. The Morgan fingerprint density at radius 2 is 2.20 bits per heavy atom. The third kappa shape index (κ3) is 8.66. The second kappa shape index (κ2) is 4.52. The summed E-state index contributed by atoms with van der Waals surface area (Å²) in [6, 6.07) is 0. The molecule has 0 aromatic heterocycles. The lowest BCUT2D eigenvalue weighted by atomic mass is 10.9. The van der Waals surface area contributed by atoms with Crippen LogP contribution < -0.4 is 0 Å². The second-order valence-corrected chi connectivity index (χ2v) is 5.91. The minimum atomic E-state index is -3.19. The first-order valence-corrected chi connectivity index (χ1v) is 6.70. The van der Waals surface area contributed by atoms with Crippen LogP contribution in [0.3, 0.4) is 0 Å². The molecule has 1 N–H and O–H groups in total. The number of hydrogen-bond acceptors (Lipinski definition) is 6. The molecule has 0 aliphatic carbocycles. The highest BCUT2D eigenvalue weighted by atomic mass is 32.8. The predicted octanol–water partition coefficient (Wildman–Crippen LogP) is -0.437. The Kier molecular flexibility index (Phi) is 4.82. The van der Waals surface area contributed by atoms with E-state index in [1.807, 2.05) is 0 Å². The fourth-order valence-corrected chi connectivity index (χ4v) is 1.23. The van der Waals surface area contributed by atoms with Gasteiger partial charge in [-0.05, 0) is 0 Å². The fraction of sp³-hybridized carbons (Fsp3) is 1.00. The summed E-state index contributed by atoms with van der Waals surface area (Å²) in [5.41, 5.74) is 0. The molecule has 0 saturated heterocycles. The molecule has 0 heterocycles. The summed E-state index contributed by atoms with van der Waals surface area (Å²) >= 11 is 8.22. The molecule has 10 heavy (non-hydrogen) atoms. The molecule has 0 fully saturated rings. The lowest BCUT2D eigenvalue weighted by molar-refractivity contribution is 0.373. The van der Waals surface area contributed by atoms with E-state index in [0.29, 0.717) is 0 Å². The molecule has 0 aliphatic rings. The molecule has 1 atom stereocenters. The molecular formula is C2H5O4S4-. The van der Waals surface area contributed by atoms with Crippen LogP contribution in [0.5, 0.6) is 0 Å². The first-order chi connectivity index (χ1) is 4.42. The summed E-state index contributed by atoms with van der Waals surface area (Å²) in [4.78, 5) is 0. The van der Waals surface area contributed by atoms with Gasteiger partial charge in [0.05, 0.1) is 5.75 Å². The van der Waals surface area contributed by atoms with E-state index in [4.69, 9.17) is 4.55 Å². The minimum absolute atomic E-state index is 0.144. The fourth-order valence-electron chi connectivity index (χ4n) is 0.207. The first kappa shape index (κ1) is 10.7. The van der Waals surface area contributed by atoms with Gasteiger partial charge in [0.25, 0.3) is 0 Å². The van der Waals surface area contributed by atoms with E-state index in [2.05, 4.69) is 26.6 Å². The molecule has 0 aromatic rings. The maximum atomic E-state index is 10.3. The second-order valence-electron chi connectivity index (χ2n) is 1.31. The summed E-state index contributed by atoms with van der Waals surface area (Å²) in [6.07, 6.45) is 0. The van der Waals surface area contributed by atoms with Gasteiger partial charge in [-0.2, -0.15) is 0 Å². The molecule has 4 nitrogen and oxygen atoms in total. The van der Waals surface area contributed by atoms with E-state index in [0.717, 1.165) is 0 Å². The zero-order chi connectivity index (χ0) is 8.20. The van der Waals surface area contributed by atoms with Gasteiger partial charge < -0.3 is 12.9 Å². The topological polar surface area (TPSA) is 63.6 Å². The minimum Gasteiger partial charge on any atom is -0.443 e. The van der Waals surface area contributed by atoms with E-state index < -0.39 is 18.4 Å². The highest BCUT2D eigenvalue weighted by Crippen LogP contribution is 1.84. The molecule has 1 unspecified atom stereocenters. The van der Waals surface area contributed by atoms with Crippen LogP contribution in [-0.4, -0.2) is 21.1 Å². The smallest absolute Gasteiger partial charge is 0.143 e. The quantitative estimate of drug-likeness (QED) is 0.650. The van der Waals surface area contributed by atoms with Crippen LogP contribution in [0.15, 0.2) is 0 Å². The van der Waals surface area contributed by atoms with E-state index in [1.54, 1.807) is 0 Å². The monoisotopic (exact) mass is 221 g/mol. The van der Waals surface area contributed by atoms with Crippen molar-refractivity contribution < 1.29 is 17.2 Å². The van der Waals surface area contributed by atoms with Crippen molar-refractivity contribution in [1.82, 2.24) is 0 Å². The normalized spacial score (nSPS) is 17.0. The molecule has 8 heteroatoms. The highest BCUT2D eigenvalue weighted by molar-refractivity contribution is 8.29. The lowest BCUT2D eigenvalue weighted by Crippen LogP contribution is -2.08. The summed E-state index contributed by atoms with van der Waals surface area (Å²) in [7, 11) is -4.99.